The zero-order valence-corrected chi connectivity index (χ0v) is 58.2. The number of phenols is 1. The molecule has 0 bridgehead atoms. The molecule has 1 aliphatic heterocycles. The maximum absolute atomic E-state index is 11.8. The van der Waals surface area contributed by atoms with Crippen LogP contribution in [0.5, 0.6) is 28.7 Å². The van der Waals surface area contributed by atoms with E-state index in [0.29, 0.717) is 59.6 Å². The van der Waals surface area contributed by atoms with Gasteiger partial charge >= 0.3 is 29.8 Å². The fourth-order valence-corrected chi connectivity index (χ4v) is 7.98. The molecule has 1 heterocycles. The van der Waals surface area contributed by atoms with Crippen molar-refractivity contribution in [3.63, 3.8) is 0 Å². The first-order valence-corrected chi connectivity index (χ1v) is 31.9. The Morgan fingerprint density at radius 2 is 0.818 bits per heavy atom. The van der Waals surface area contributed by atoms with Crippen LogP contribution in [0, 0.1) is 34.6 Å². The monoisotopic (exact) mass is 1500 g/mol. The number of aromatic carboxylic acids is 3. The number of rotatable bonds is 14. The summed E-state index contributed by atoms with van der Waals surface area (Å²) in [5.74, 6) is -1.67. The molecule has 23 heteroatoms. The Kier molecular flexibility index (Phi) is 49.7. The number of methoxy groups -OCH3 is 1. The van der Waals surface area contributed by atoms with E-state index in [1.165, 1.54) is 38.2 Å². The van der Waals surface area contributed by atoms with Crippen molar-refractivity contribution in [2.75, 3.05) is 27.5 Å². The van der Waals surface area contributed by atoms with E-state index in [4.69, 9.17) is 64.9 Å². The summed E-state index contributed by atoms with van der Waals surface area (Å²) in [6.07, 6.45) is 2.69. The standard InChI is InChI=1S/C14H20O3.C12H15BrO3.C11H13BrO3.C11H14O3.C8H8O3.C4H8O.C2H4O2.CH3F.2CH4.Br2/c1-9(2)16-13-8-6-7-12(11(13)5)14(15)17-10(3)4;1-7(2)16-10-6-5-9(13)11(8(10)3)12(14)15-4;1-6(2)15-9-5-4-8(12)10(7(9)3)11(13)14;1-7(2)14-10-6-4-5-9(8(10)3)11(12)13;1-5-6(8(10)11)3-2-4-7(5)9;1-2-4-5-3-1;1-2(3)4;1-2;;;1-2/h6-10H,1-5H3;5-7H,1-4H3;4-6H,1-3H3,(H,13,14);4-7H,1-3H3,(H,12,13);2-4,9H,1H3,(H,10,11);1-4H2;1H3,(H,3,4);1H3;2*1H4;/i;;;;;;;1D;;;. The minimum Gasteiger partial charge on any atom is -0.508 e. The lowest BCUT2D eigenvalue weighted by Gasteiger charge is -2.15. The van der Waals surface area contributed by atoms with Gasteiger partial charge in [-0.15, -0.1) is 0 Å². The van der Waals surface area contributed by atoms with Crippen LogP contribution < -0.4 is 18.9 Å². The first-order chi connectivity index (χ1) is 40.6. The number of phenolic OH excluding ortho intramolecular Hbond substituents is 1. The van der Waals surface area contributed by atoms with E-state index in [1.807, 2.05) is 101 Å². The fraction of sp³-hybridized carbons (Fsp3) is 0.446. The van der Waals surface area contributed by atoms with Crippen LogP contribution in [-0.4, -0.2) is 119 Å². The number of benzene rings is 5. The highest BCUT2D eigenvalue weighted by atomic mass is 80.9. The van der Waals surface area contributed by atoms with Gasteiger partial charge in [0.25, 0.3) is 5.97 Å². The quantitative estimate of drug-likeness (QED) is 0.0647. The van der Waals surface area contributed by atoms with Gasteiger partial charge < -0.3 is 58.7 Å². The Hall–Kier alpha value is -6.27. The Bertz CT molecular complexity index is 2890. The molecule has 0 aromatic heterocycles. The second-order valence-corrected chi connectivity index (χ2v) is 21.0. The third-order valence-corrected chi connectivity index (χ3v) is 11.8. The highest BCUT2D eigenvalue weighted by molar-refractivity contribution is 9.93. The zero-order valence-electron chi connectivity index (χ0n) is 52.9. The van der Waals surface area contributed by atoms with Crippen molar-refractivity contribution in [3.8, 4) is 28.7 Å². The molecule has 0 atom stereocenters. The van der Waals surface area contributed by atoms with Crippen LogP contribution in [0.3, 0.4) is 0 Å². The number of esters is 2. The predicted molar refractivity (Wildman–Crippen MR) is 360 cm³/mol. The molecule has 5 aromatic carbocycles. The lowest BCUT2D eigenvalue weighted by molar-refractivity contribution is -0.134. The SMILES string of the molecule is BrBr.C.C.C1CCOC1.CC(=O)O.COC(=O)c1c(Br)ccc(OC(C)C)c1C.Cc1c(O)cccc1C(=O)O.Cc1c(OC(C)C)ccc(Br)c1C(=O)O.Cc1c(OC(C)C)cccc1C(=O)O.Cc1c(OC(C)C)cccc1C(=O)OC(C)C.[2H]CF. The maximum atomic E-state index is 11.8. The van der Waals surface area contributed by atoms with Crippen molar-refractivity contribution >= 4 is 95.9 Å². The fourth-order valence-electron chi connectivity index (χ4n) is 6.79. The predicted octanol–water partition coefficient (Wildman–Crippen LogP) is 18.2. The van der Waals surface area contributed by atoms with Crippen molar-refractivity contribution in [3.05, 3.63) is 143 Å². The smallest absolute Gasteiger partial charge is 0.339 e. The summed E-state index contributed by atoms with van der Waals surface area (Å²) in [7, 11) is 0.365. The van der Waals surface area contributed by atoms with Crippen LogP contribution in [0.1, 0.15) is 185 Å². The second-order valence-electron chi connectivity index (χ2n) is 19.3. The number of halogens is 5. The average Bonchev–Trinajstić information content (AvgIpc) is 4.30. The van der Waals surface area contributed by atoms with Crippen molar-refractivity contribution in [2.24, 2.45) is 0 Å². The van der Waals surface area contributed by atoms with E-state index >= 15 is 0 Å². The highest BCUT2D eigenvalue weighted by Crippen LogP contribution is 2.31. The molecule has 0 radical (unpaired) electrons. The molecule has 6 rings (SSSR count). The van der Waals surface area contributed by atoms with Gasteiger partial charge in [0.2, 0.25) is 0 Å². The largest absolute Gasteiger partial charge is 0.508 e. The molecule has 1 saturated heterocycles. The normalized spacial score (nSPS) is 10.5. The highest BCUT2D eigenvalue weighted by Gasteiger charge is 2.19. The molecule has 0 spiro atoms. The number of ether oxygens (including phenoxy) is 7. The molecular weight excluding hydrogens is 1410 g/mol. The van der Waals surface area contributed by atoms with Gasteiger partial charge in [-0.05, 0) is 209 Å². The Labute approximate surface area is 554 Å². The van der Waals surface area contributed by atoms with Gasteiger partial charge in [-0.25, -0.2) is 24.0 Å². The molecule has 1 aliphatic rings. The van der Waals surface area contributed by atoms with Crippen LogP contribution >= 0.6 is 60.1 Å². The van der Waals surface area contributed by atoms with Crippen LogP contribution in [0.25, 0.3) is 0 Å². The van der Waals surface area contributed by atoms with Gasteiger partial charge in [-0.2, -0.15) is 0 Å². The topological polar surface area (TPSA) is 268 Å². The summed E-state index contributed by atoms with van der Waals surface area (Å²) >= 11 is 12.0. The first-order valence-electron chi connectivity index (χ1n) is 27.3. The third-order valence-electron chi connectivity index (χ3n) is 10.5. The van der Waals surface area contributed by atoms with E-state index in [2.05, 4.69) is 60.1 Å². The van der Waals surface area contributed by atoms with Crippen LogP contribution in [0.2, 0.25) is 0 Å². The van der Waals surface area contributed by atoms with Crippen LogP contribution in [0.4, 0.5) is 4.39 Å². The van der Waals surface area contributed by atoms with Crippen LogP contribution in [-0.2, 0) is 19.0 Å². The molecule has 5 aromatic rings. The number of aromatic hydroxyl groups is 1. The molecular formula is C65H93Br4FO18. The minimum atomic E-state index is -1.02. The van der Waals surface area contributed by atoms with Crippen molar-refractivity contribution in [1.82, 2.24) is 0 Å². The number of carbonyl (C=O) groups is 6. The number of carboxylic acids is 4. The summed E-state index contributed by atoms with van der Waals surface area (Å²) in [5, 5.41) is 43.0. The summed E-state index contributed by atoms with van der Waals surface area (Å²) in [6.45, 7) is 31.0. The minimum absolute atomic E-state index is 0. The Balaban J connectivity index is -0.000000312. The van der Waals surface area contributed by atoms with Gasteiger partial charge in [0.05, 0.1) is 74.0 Å². The van der Waals surface area contributed by atoms with E-state index < -0.39 is 31.0 Å². The number of hydrogen-bond acceptors (Lipinski definition) is 14. The number of carbonyl (C=O) groups excluding carboxylic acids is 2. The van der Waals surface area contributed by atoms with E-state index in [0.717, 1.165) is 37.0 Å². The summed E-state index contributed by atoms with van der Waals surface area (Å²) in [5.41, 5.74) is 5.11. The van der Waals surface area contributed by atoms with Gasteiger partial charge in [-0.3, -0.25) is 9.18 Å². The molecule has 0 aliphatic carbocycles. The number of alkyl halides is 1. The lowest BCUT2D eigenvalue weighted by Crippen LogP contribution is -2.14. The van der Waals surface area contributed by atoms with E-state index in [1.54, 1.807) is 63.2 Å². The van der Waals surface area contributed by atoms with Crippen molar-refractivity contribution in [2.45, 2.75) is 169 Å². The first kappa shape index (κ1) is 88.2. The third kappa shape index (κ3) is 36.3. The zero-order chi connectivity index (χ0) is 67.8. The Morgan fingerprint density at radius 3 is 1.12 bits per heavy atom. The molecule has 0 amide bonds. The summed E-state index contributed by atoms with van der Waals surface area (Å²) in [6, 6.07) is 22.0. The molecule has 0 unspecified atom stereocenters. The second kappa shape index (κ2) is 49.6. The molecule has 18 nitrogen and oxygen atoms in total. The summed E-state index contributed by atoms with van der Waals surface area (Å²) in [4.78, 5) is 64.7. The van der Waals surface area contributed by atoms with Crippen molar-refractivity contribution < 1.29 is 93.2 Å². The van der Waals surface area contributed by atoms with Crippen LogP contribution in [0.15, 0.2) is 87.8 Å². The average molecular weight is 1500 g/mol. The Morgan fingerprint density at radius 1 is 0.500 bits per heavy atom. The maximum Gasteiger partial charge on any atom is 0.339 e. The number of carboxylic acid groups (broad SMARTS) is 4. The molecule has 1 fully saturated rings. The molecule has 496 valence electrons. The lowest BCUT2D eigenvalue weighted by atomic mass is 10.1. The molecule has 5 N–H and O–H groups in total. The number of hydrogen-bond donors (Lipinski definition) is 5. The van der Waals surface area contributed by atoms with Crippen molar-refractivity contribution in [1.29, 1.82) is 0 Å². The molecule has 0 saturated carbocycles. The van der Waals surface area contributed by atoms with E-state index in [9.17, 15) is 28.4 Å². The van der Waals surface area contributed by atoms with Gasteiger partial charge in [0, 0.05) is 85.2 Å². The van der Waals surface area contributed by atoms with E-state index in [-0.39, 0.29) is 74.2 Å². The molecule has 88 heavy (non-hydrogen) atoms. The van der Waals surface area contributed by atoms with Gasteiger partial charge in [0.1, 0.15) is 28.7 Å². The van der Waals surface area contributed by atoms with Gasteiger partial charge in [0.15, 0.2) is 0 Å². The summed E-state index contributed by atoms with van der Waals surface area (Å²) < 4.78 is 53.9. The number of aliphatic carboxylic acids is 1. The van der Waals surface area contributed by atoms with Gasteiger partial charge in [-0.1, -0.05) is 33.1 Å².